The largest absolute Gasteiger partial charge is 0.618 e. The zero-order chi connectivity index (χ0) is 25.4. The highest BCUT2D eigenvalue weighted by atomic mass is 16.5. The van der Waals surface area contributed by atoms with Crippen molar-refractivity contribution in [2.75, 3.05) is 0 Å². The minimum Gasteiger partial charge on any atom is -0.618 e. The van der Waals surface area contributed by atoms with Crippen molar-refractivity contribution in [3.63, 3.8) is 0 Å². The normalized spacial score (nSPS) is 13.2. The standard InChI is InChI=1S/C28H24N4O4/c1-28(2,35)24-13-10-19(16-32(24)36)9-8-18-5-3-6-21(15-18)31-17-23(27(34)30-20-11-12-20)25(33)22-7-4-14-29-26(22)31/h3-7,10,13-17,20,35H,11-12H2,1-2H3,(H,30,34). The van der Waals surface area contributed by atoms with Crippen LogP contribution in [0.1, 0.15) is 53.9 Å². The number of benzene rings is 1. The van der Waals surface area contributed by atoms with Gasteiger partial charge in [0.2, 0.25) is 11.1 Å². The molecule has 1 fully saturated rings. The molecule has 0 radical (unpaired) electrons. The van der Waals surface area contributed by atoms with Crippen molar-refractivity contribution in [3.05, 3.63) is 105 Å². The lowest BCUT2D eigenvalue weighted by Gasteiger charge is -2.15. The lowest BCUT2D eigenvalue weighted by Crippen LogP contribution is -2.39. The third kappa shape index (κ3) is 4.69. The predicted octanol–water partition coefficient (Wildman–Crippen LogP) is 2.54. The number of rotatable bonds is 4. The number of carbonyl (C=O) groups is 1. The van der Waals surface area contributed by atoms with E-state index in [0.717, 1.165) is 12.8 Å². The fraction of sp³-hybridized carbons (Fsp3) is 0.214. The molecule has 1 amide bonds. The molecule has 1 saturated carbocycles. The molecular weight excluding hydrogens is 456 g/mol. The Balaban J connectivity index is 1.54. The van der Waals surface area contributed by atoms with Gasteiger partial charge in [0.25, 0.3) is 5.91 Å². The van der Waals surface area contributed by atoms with Crippen molar-refractivity contribution in [2.45, 2.75) is 38.3 Å². The highest BCUT2D eigenvalue weighted by molar-refractivity contribution is 5.97. The summed E-state index contributed by atoms with van der Waals surface area (Å²) in [5.74, 6) is 5.63. The molecule has 3 aromatic heterocycles. The van der Waals surface area contributed by atoms with Gasteiger partial charge >= 0.3 is 0 Å². The zero-order valence-corrected chi connectivity index (χ0v) is 19.9. The van der Waals surface area contributed by atoms with Crippen LogP contribution in [0.4, 0.5) is 0 Å². The van der Waals surface area contributed by atoms with E-state index in [2.05, 4.69) is 22.1 Å². The number of amides is 1. The summed E-state index contributed by atoms with van der Waals surface area (Å²) >= 11 is 0. The first-order valence-corrected chi connectivity index (χ1v) is 11.6. The number of aromatic nitrogens is 3. The van der Waals surface area contributed by atoms with E-state index in [-0.39, 0.29) is 22.7 Å². The molecule has 2 N–H and O–H groups in total. The first kappa shape index (κ1) is 23.3. The van der Waals surface area contributed by atoms with Crippen LogP contribution in [0.25, 0.3) is 16.7 Å². The maximum atomic E-state index is 13.0. The molecule has 180 valence electrons. The van der Waals surface area contributed by atoms with Crippen LogP contribution in [-0.4, -0.2) is 26.6 Å². The predicted molar refractivity (Wildman–Crippen MR) is 134 cm³/mol. The average molecular weight is 481 g/mol. The molecule has 1 aromatic carbocycles. The number of pyridine rings is 3. The molecular formula is C28H24N4O4. The van der Waals surface area contributed by atoms with Gasteiger partial charge in [-0.2, -0.15) is 4.73 Å². The van der Waals surface area contributed by atoms with Crippen LogP contribution in [0.5, 0.6) is 0 Å². The molecule has 8 heteroatoms. The maximum Gasteiger partial charge on any atom is 0.257 e. The van der Waals surface area contributed by atoms with E-state index in [9.17, 15) is 19.9 Å². The van der Waals surface area contributed by atoms with Gasteiger partial charge in [0.05, 0.1) is 10.9 Å². The Morgan fingerprint density at radius 1 is 1.17 bits per heavy atom. The summed E-state index contributed by atoms with van der Waals surface area (Å²) in [7, 11) is 0. The lowest BCUT2D eigenvalue weighted by molar-refractivity contribution is -0.622. The summed E-state index contributed by atoms with van der Waals surface area (Å²) in [6, 6.07) is 14.0. The van der Waals surface area contributed by atoms with Crippen molar-refractivity contribution in [2.24, 2.45) is 0 Å². The third-order valence-electron chi connectivity index (χ3n) is 5.94. The second kappa shape index (κ2) is 8.95. The molecule has 3 heterocycles. The van der Waals surface area contributed by atoms with E-state index in [4.69, 9.17) is 0 Å². The number of fused-ring (bicyclic) bond motifs is 1. The molecule has 0 atom stereocenters. The molecule has 1 aliphatic carbocycles. The minimum atomic E-state index is -1.26. The van der Waals surface area contributed by atoms with Gasteiger partial charge in [-0.25, -0.2) is 4.98 Å². The second-order valence-corrected chi connectivity index (χ2v) is 9.35. The van der Waals surface area contributed by atoms with E-state index >= 15 is 0 Å². The Morgan fingerprint density at radius 2 is 1.94 bits per heavy atom. The monoisotopic (exact) mass is 480 g/mol. The van der Waals surface area contributed by atoms with Crippen molar-refractivity contribution in [1.29, 1.82) is 0 Å². The van der Waals surface area contributed by atoms with Crippen molar-refractivity contribution in [1.82, 2.24) is 14.9 Å². The summed E-state index contributed by atoms with van der Waals surface area (Å²) in [6.45, 7) is 3.09. The Kier molecular flexibility index (Phi) is 5.78. The fourth-order valence-corrected chi connectivity index (χ4v) is 3.92. The molecule has 0 saturated heterocycles. The molecule has 36 heavy (non-hydrogen) atoms. The van der Waals surface area contributed by atoms with E-state index in [1.807, 2.05) is 24.3 Å². The number of hydrogen-bond donors (Lipinski definition) is 2. The van der Waals surface area contributed by atoms with Gasteiger partial charge in [0, 0.05) is 35.8 Å². The van der Waals surface area contributed by atoms with E-state index in [0.29, 0.717) is 32.6 Å². The number of aliphatic hydroxyl groups is 1. The van der Waals surface area contributed by atoms with Crippen LogP contribution in [0.2, 0.25) is 0 Å². The Hall–Kier alpha value is -4.48. The topological polar surface area (TPSA) is 111 Å². The van der Waals surface area contributed by atoms with Crippen molar-refractivity contribution in [3.8, 4) is 17.5 Å². The third-order valence-corrected chi connectivity index (χ3v) is 5.94. The van der Waals surface area contributed by atoms with Gasteiger partial charge < -0.3 is 20.2 Å². The molecule has 8 nitrogen and oxygen atoms in total. The summed E-state index contributed by atoms with van der Waals surface area (Å²) in [5, 5.41) is 25.6. The lowest BCUT2D eigenvalue weighted by atomic mass is 10.0. The molecule has 1 aliphatic rings. The zero-order valence-electron chi connectivity index (χ0n) is 19.9. The minimum absolute atomic E-state index is 0.0609. The second-order valence-electron chi connectivity index (χ2n) is 9.35. The smallest absolute Gasteiger partial charge is 0.257 e. The Labute approximate surface area is 207 Å². The number of nitrogens with one attached hydrogen (secondary N) is 1. The maximum absolute atomic E-state index is 13.0. The van der Waals surface area contributed by atoms with Gasteiger partial charge in [-0.1, -0.05) is 17.9 Å². The molecule has 5 rings (SSSR count). The van der Waals surface area contributed by atoms with Crippen LogP contribution in [0.3, 0.4) is 0 Å². The number of nitrogens with zero attached hydrogens (tertiary/aromatic N) is 3. The van der Waals surface area contributed by atoms with Gasteiger partial charge in [0.15, 0.2) is 6.20 Å². The van der Waals surface area contributed by atoms with Crippen LogP contribution in [-0.2, 0) is 5.60 Å². The Bertz CT molecular complexity index is 1620. The summed E-state index contributed by atoms with van der Waals surface area (Å²) in [6.07, 6.45) is 6.29. The molecule has 0 spiro atoms. The van der Waals surface area contributed by atoms with E-state index < -0.39 is 11.5 Å². The van der Waals surface area contributed by atoms with Crippen LogP contribution >= 0.6 is 0 Å². The molecule has 0 aliphatic heterocycles. The van der Waals surface area contributed by atoms with Crippen molar-refractivity contribution < 1.29 is 14.6 Å². The molecule has 0 unspecified atom stereocenters. The van der Waals surface area contributed by atoms with Gasteiger partial charge in [-0.3, -0.25) is 9.59 Å². The fourth-order valence-electron chi connectivity index (χ4n) is 3.92. The van der Waals surface area contributed by atoms with Crippen LogP contribution in [0.15, 0.2) is 71.9 Å². The SMILES string of the molecule is CC(C)(O)c1ccc(C#Cc2cccc(-n3cc(C(=O)NC4CC4)c(=O)c4cccnc43)c2)c[n+]1[O-]. The molecule has 4 aromatic rings. The quantitative estimate of drug-likeness (QED) is 0.265. The Morgan fingerprint density at radius 3 is 2.67 bits per heavy atom. The van der Waals surface area contributed by atoms with Crippen molar-refractivity contribution >= 4 is 16.9 Å². The highest BCUT2D eigenvalue weighted by Crippen LogP contribution is 2.21. The highest BCUT2D eigenvalue weighted by Gasteiger charge is 2.26. The first-order chi connectivity index (χ1) is 17.2. The summed E-state index contributed by atoms with van der Waals surface area (Å²) in [5.41, 5.74) is 0.960. The van der Waals surface area contributed by atoms with E-state index in [1.165, 1.54) is 12.4 Å². The average Bonchev–Trinajstić information content (AvgIpc) is 3.66. The van der Waals surface area contributed by atoms with Gasteiger partial charge in [0.1, 0.15) is 16.8 Å². The van der Waals surface area contributed by atoms with Crippen LogP contribution in [0, 0.1) is 17.0 Å². The molecule has 0 bridgehead atoms. The first-order valence-electron chi connectivity index (χ1n) is 11.6. The van der Waals surface area contributed by atoms with Crippen LogP contribution < -0.4 is 15.5 Å². The van der Waals surface area contributed by atoms with Gasteiger partial charge in [-0.15, -0.1) is 0 Å². The summed E-state index contributed by atoms with van der Waals surface area (Å²) < 4.78 is 2.33. The number of hydrogen-bond acceptors (Lipinski definition) is 5. The number of carbonyl (C=O) groups excluding carboxylic acids is 1. The van der Waals surface area contributed by atoms with Gasteiger partial charge in [-0.05, 0) is 63.1 Å². The van der Waals surface area contributed by atoms with E-state index in [1.54, 1.807) is 48.9 Å². The summed E-state index contributed by atoms with van der Waals surface area (Å²) in [4.78, 5) is 30.2.